The van der Waals surface area contributed by atoms with Gasteiger partial charge in [0, 0.05) is 19.5 Å². The summed E-state index contributed by atoms with van der Waals surface area (Å²) in [7, 11) is 3.19. The maximum Gasteiger partial charge on any atom is 0.261 e. The van der Waals surface area contributed by atoms with Crippen LogP contribution in [0.3, 0.4) is 0 Å². The average molecular weight is 553 g/mol. The number of hydrogen-bond acceptors (Lipinski definition) is 5. The first-order chi connectivity index (χ1) is 20.1. The number of carbonyl (C=O) groups is 2. The van der Waals surface area contributed by atoms with E-state index in [0.717, 1.165) is 16.7 Å². The number of nitrogens with zero attached hydrogens (tertiary/aromatic N) is 1. The number of para-hydroxylation sites is 1. The minimum Gasteiger partial charge on any atom is -0.493 e. The maximum atomic E-state index is 13.8. The zero-order chi connectivity index (χ0) is 28.9. The van der Waals surface area contributed by atoms with Crippen LogP contribution in [0.5, 0.6) is 17.2 Å². The normalized spacial score (nSPS) is 11.3. The first-order valence-electron chi connectivity index (χ1n) is 13.6. The standard InChI is InChI=1S/C34H36N2O5/c1-39-31-19-18-27(23-32(31)40-2)20-21-35-34(38)30(22-26-12-6-3-7-13-26)36(24-28-14-8-4-9-15-28)33(37)25-41-29-16-10-5-11-17-29/h3-19,23,30H,20-22,24-25H2,1-2H3,(H,35,38). The molecule has 0 aliphatic rings. The SMILES string of the molecule is COc1ccc(CCNC(=O)C(Cc2ccccc2)N(Cc2ccccc2)C(=O)COc2ccccc2)cc1OC. The van der Waals surface area contributed by atoms with E-state index in [9.17, 15) is 9.59 Å². The van der Waals surface area contributed by atoms with Gasteiger partial charge in [-0.25, -0.2) is 0 Å². The molecule has 0 radical (unpaired) electrons. The lowest BCUT2D eigenvalue weighted by molar-refractivity contribution is -0.142. The van der Waals surface area contributed by atoms with Gasteiger partial charge in [0.2, 0.25) is 5.91 Å². The molecule has 41 heavy (non-hydrogen) atoms. The molecule has 4 aromatic carbocycles. The second-order valence-electron chi connectivity index (χ2n) is 9.54. The van der Waals surface area contributed by atoms with Crippen molar-refractivity contribution in [2.75, 3.05) is 27.4 Å². The number of benzene rings is 4. The molecule has 0 saturated heterocycles. The van der Waals surface area contributed by atoms with Crippen LogP contribution in [0.15, 0.2) is 109 Å². The molecule has 212 valence electrons. The van der Waals surface area contributed by atoms with Gasteiger partial charge in [-0.15, -0.1) is 0 Å². The van der Waals surface area contributed by atoms with Crippen LogP contribution in [0.1, 0.15) is 16.7 Å². The molecule has 0 heterocycles. The molecule has 0 bridgehead atoms. The van der Waals surface area contributed by atoms with Crippen LogP contribution >= 0.6 is 0 Å². The average Bonchev–Trinajstić information content (AvgIpc) is 3.02. The van der Waals surface area contributed by atoms with Crippen LogP contribution in [0.25, 0.3) is 0 Å². The van der Waals surface area contributed by atoms with Crippen LogP contribution in [0.4, 0.5) is 0 Å². The van der Waals surface area contributed by atoms with Gasteiger partial charge in [-0.05, 0) is 47.4 Å². The van der Waals surface area contributed by atoms with Crippen molar-refractivity contribution in [2.24, 2.45) is 0 Å². The Balaban J connectivity index is 1.54. The topological polar surface area (TPSA) is 77.1 Å². The lowest BCUT2D eigenvalue weighted by Gasteiger charge is -2.31. The van der Waals surface area contributed by atoms with Crippen molar-refractivity contribution in [2.45, 2.75) is 25.4 Å². The highest BCUT2D eigenvalue weighted by atomic mass is 16.5. The fraction of sp³-hybridized carbons (Fsp3) is 0.235. The van der Waals surface area contributed by atoms with E-state index in [1.165, 1.54) is 0 Å². The lowest BCUT2D eigenvalue weighted by Crippen LogP contribution is -2.52. The molecule has 1 atom stereocenters. The summed E-state index contributed by atoms with van der Waals surface area (Å²) in [5, 5.41) is 3.07. The Morgan fingerprint density at radius 3 is 1.98 bits per heavy atom. The highest BCUT2D eigenvalue weighted by Crippen LogP contribution is 2.27. The molecule has 0 aliphatic heterocycles. The van der Waals surface area contributed by atoms with Crippen molar-refractivity contribution < 1.29 is 23.8 Å². The van der Waals surface area contributed by atoms with E-state index in [4.69, 9.17) is 14.2 Å². The second-order valence-corrected chi connectivity index (χ2v) is 9.54. The van der Waals surface area contributed by atoms with Crippen molar-refractivity contribution in [1.82, 2.24) is 10.2 Å². The number of rotatable bonds is 14. The van der Waals surface area contributed by atoms with Crippen molar-refractivity contribution in [1.29, 1.82) is 0 Å². The summed E-state index contributed by atoms with van der Waals surface area (Å²) in [6, 6.07) is 33.6. The van der Waals surface area contributed by atoms with Crippen molar-refractivity contribution >= 4 is 11.8 Å². The quantitative estimate of drug-likeness (QED) is 0.236. The maximum absolute atomic E-state index is 13.8. The second kappa shape index (κ2) is 15.1. The fourth-order valence-electron chi connectivity index (χ4n) is 4.56. The molecule has 0 spiro atoms. The van der Waals surface area contributed by atoms with E-state index in [1.807, 2.05) is 97.1 Å². The molecule has 7 nitrogen and oxygen atoms in total. The van der Waals surface area contributed by atoms with E-state index in [0.29, 0.717) is 36.6 Å². The minimum atomic E-state index is -0.741. The number of nitrogens with one attached hydrogen (secondary N) is 1. The van der Waals surface area contributed by atoms with E-state index in [2.05, 4.69) is 5.32 Å². The Morgan fingerprint density at radius 1 is 0.732 bits per heavy atom. The molecule has 4 rings (SSSR count). The van der Waals surface area contributed by atoms with E-state index < -0.39 is 6.04 Å². The third-order valence-corrected chi connectivity index (χ3v) is 6.73. The number of amides is 2. The Bertz CT molecular complexity index is 1380. The van der Waals surface area contributed by atoms with Gasteiger partial charge in [-0.1, -0.05) is 84.9 Å². The highest BCUT2D eigenvalue weighted by molar-refractivity contribution is 5.88. The van der Waals surface area contributed by atoms with Gasteiger partial charge >= 0.3 is 0 Å². The van der Waals surface area contributed by atoms with Gasteiger partial charge < -0.3 is 24.4 Å². The Kier molecular flexibility index (Phi) is 10.8. The Morgan fingerprint density at radius 2 is 1.34 bits per heavy atom. The van der Waals surface area contributed by atoms with E-state index in [1.54, 1.807) is 31.3 Å². The molecule has 1 unspecified atom stereocenters. The molecule has 0 fully saturated rings. The molecule has 0 aliphatic carbocycles. The van der Waals surface area contributed by atoms with Gasteiger partial charge in [0.1, 0.15) is 11.8 Å². The third kappa shape index (κ3) is 8.60. The van der Waals surface area contributed by atoms with Crippen LogP contribution in [-0.2, 0) is 29.0 Å². The molecule has 2 amide bonds. The summed E-state index contributed by atoms with van der Waals surface area (Å²) < 4.78 is 16.5. The number of hydrogen-bond donors (Lipinski definition) is 1. The Labute approximate surface area is 241 Å². The number of carbonyl (C=O) groups excluding carboxylic acids is 2. The number of ether oxygens (including phenoxy) is 3. The van der Waals surface area contributed by atoms with Gasteiger partial charge in [0.15, 0.2) is 18.1 Å². The molecule has 1 N–H and O–H groups in total. The first kappa shape index (κ1) is 29.2. The monoisotopic (exact) mass is 552 g/mol. The van der Waals surface area contributed by atoms with Gasteiger partial charge in [-0.3, -0.25) is 9.59 Å². The summed E-state index contributed by atoms with van der Waals surface area (Å²) in [6.07, 6.45) is 0.959. The molecule has 0 aromatic heterocycles. The van der Waals surface area contributed by atoms with E-state index >= 15 is 0 Å². The summed E-state index contributed by atoms with van der Waals surface area (Å²) in [5.41, 5.74) is 2.88. The van der Waals surface area contributed by atoms with Gasteiger partial charge in [0.25, 0.3) is 5.91 Å². The first-order valence-corrected chi connectivity index (χ1v) is 13.6. The minimum absolute atomic E-state index is 0.180. The van der Waals surface area contributed by atoms with Gasteiger partial charge in [-0.2, -0.15) is 0 Å². The number of methoxy groups -OCH3 is 2. The van der Waals surface area contributed by atoms with Gasteiger partial charge in [0.05, 0.1) is 14.2 Å². The third-order valence-electron chi connectivity index (χ3n) is 6.73. The summed E-state index contributed by atoms with van der Waals surface area (Å²) in [6.45, 7) is 0.493. The zero-order valence-electron chi connectivity index (χ0n) is 23.5. The Hall–Kier alpha value is -4.78. The molecular formula is C34H36N2O5. The summed E-state index contributed by atoms with van der Waals surface area (Å²) in [4.78, 5) is 29.1. The van der Waals surface area contributed by atoms with Crippen LogP contribution < -0.4 is 19.5 Å². The molecule has 0 saturated carbocycles. The molecule has 7 heteroatoms. The van der Waals surface area contributed by atoms with Crippen LogP contribution in [-0.4, -0.2) is 50.1 Å². The van der Waals surface area contributed by atoms with Crippen molar-refractivity contribution in [3.8, 4) is 17.2 Å². The summed E-state index contributed by atoms with van der Waals surface area (Å²) in [5.74, 6) is 1.39. The smallest absolute Gasteiger partial charge is 0.261 e. The van der Waals surface area contributed by atoms with Crippen LogP contribution in [0.2, 0.25) is 0 Å². The predicted molar refractivity (Wildman–Crippen MR) is 159 cm³/mol. The van der Waals surface area contributed by atoms with E-state index in [-0.39, 0.29) is 25.0 Å². The largest absolute Gasteiger partial charge is 0.493 e. The zero-order valence-corrected chi connectivity index (χ0v) is 23.5. The van der Waals surface area contributed by atoms with Crippen LogP contribution in [0, 0.1) is 0 Å². The summed E-state index contributed by atoms with van der Waals surface area (Å²) >= 11 is 0. The van der Waals surface area contributed by atoms with Crippen molar-refractivity contribution in [3.63, 3.8) is 0 Å². The lowest BCUT2D eigenvalue weighted by atomic mass is 10.0. The fourth-order valence-corrected chi connectivity index (χ4v) is 4.56. The highest BCUT2D eigenvalue weighted by Gasteiger charge is 2.30. The molecular weight excluding hydrogens is 516 g/mol. The molecule has 4 aromatic rings. The van der Waals surface area contributed by atoms with Crippen molar-refractivity contribution in [3.05, 3.63) is 126 Å². The predicted octanol–water partition coefficient (Wildman–Crippen LogP) is 5.08.